The standard InChI is InChI=1S/C16H33N3OS.HI/c1-5-17-15(18-11-16(20)9-10-21-12-16)19-14(4)8-6-7-13(2)3;/h13-14,20H,5-12H2,1-4H3,(H2,17,18,19);1H. The average molecular weight is 443 g/mol. The second-order valence-corrected chi connectivity index (χ2v) is 7.70. The summed E-state index contributed by atoms with van der Waals surface area (Å²) >= 11 is 1.81. The second-order valence-electron chi connectivity index (χ2n) is 6.59. The van der Waals surface area contributed by atoms with E-state index in [0.29, 0.717) is 12.6 Å². The van der Waals surface area contributed by atoms with E-state index >= 15 is 0 Å². The summed E-state index contributed by atoms with van der Waals surface area (Å²) in [5.74, 6) is 3.45. The maximum Gasteiger partial charge on any atom is 0.191 e. The number of nitrogens with one attached hydrogen (secondary N) is 2. The van der Waals surface area contributed by atoms with Crippen molar-refractivity contribution in [3.63, 3.8) is 0 Å². The Bertz CT molecular complexity index is 321. The van der Waals surface area contributed by atoms with Crippen molar-refractivity contribution in [2.24, 2.45) is 10.9 Å². The maximum absolute atomic E-state index is 10.4. The van der Waals surface area contributed by atoms with Crippen molar-refractivity contribution in [2.45, 2.75) is 65.0 Å². The number of nitrogens with zero attached hydrogens (tertiary/aromatic N) is 1. The van der Waals surface area contributed by atoms with E-state index in [4.69, 9.17) is 0 Å². The first-order valence-electron chi connectivity index (χ1n) is 8.30. The molecule has 1 fully saturated rings. The highest BCUT2D eigenvalue weighted by molar-refractivity contribution is 14.0. The Morgan fingerprint density at radius 1 is 1.32 bits per heavy atom. The predicted octanol–water partition coefficient (Wildman–Crippen LogP) is 3.24. The van der Waals surface area contributed by atoms with Crippen LogP contribution in [0.2, 0.25) is 0 Å². The van der Waals surface area contributed by atoms with E-state index in [2.05, 4.69) is 43.3 Å². The molecule has 0 aromatic rings. The van der Waals surface area contributed by atoms with Gasteiger partial charge >= 0.3 is 0 Å². The van der Waals surface area contributed by atoms with E-state index in [9.17, 15) is 5.11 Å². The monoisotopic (exact) mass is 443 g/mol. The third kappa shape index (κ3) is 9.45. The summed E-state index contributed by atoms with van der Waals surface area (Å²) in [6, 6.07) is 0.411. The first-order chi connectivity index (χ1) is 9.95. The lowest BCUT2D eigenvalue weighted by Gasteiger charge is -2.22. The van der Waals surface area contributed by atoms with E-state index in [1.54, 1.807) is 0 Å². The van der Waals surface area contributed by atoms with Crippen LogP contribution in [0.25, 0.3) is 0 Å². The van der Waals surface area contributed by atoms with Gasteiger partial charge in [-0.3, -0.25) is 4.99 Å². The van der Waals surface area contributed by atoms with Gasteiger partial charge in [0.15, 0.2) is 5.96 Å². The van der Waals surface area contributed by atoms with Gasteiger partial charge in [-0.15, -0.1) is 24.0 Å². The van der Waals surface area contributed by atoms with E-state index in [1.165, 1.54) is 12.8 Å². The molecule has 1 aliphatic heterocycles. The molecule has 22 heavy (non-hydrogen) atoms. The van der Waals surface area contributed by atoms with Crippen molar-refractivity contribution in [1.82, 2.24) is 10.6 Å². The summed E-state index contributed by atoms with van der Waals surface area (Å²) in [5.41, 5.74) is -0.603. The summed E-state index contributed by atoms with van der Waals surface area (Å²) in [5, 5.41) is 17.1. The Balaban J connectivity index is 0.00000441. The highest BCUT2D eigenvalue weighted by Gasteiger charge is 2.31. The molecule has 1 heterocycles. The molecule has 2 unspecified atom stereocenters. The summed E-state index contributed by atoms with van der Waals surface area (Å²) < 4.78 is 0. The van der Waals surface area contributed by atoms with Gasteiger partial charge in [-0.25, -0.2) is 0 Å². The SMILES string of the molecule is CCNC(=NCC1(O)CCSC1)NC(C)CCCC(C)C.I. The lowest BCUT2D eigenvalue weighted by atomic mass is 10.0. The van der Waals surface area contributed by atoms with Gasteiger partial charge < -0.3 is 15.7 Å². The Kier molecular flexibility index (Phi) is 12.0. The van der Waals surface area contributed by atoms with Crippen molar-refractivity contribution >= 4 is 41.7 Å². The molecule has 0 radical (unpaired) electrons. The largest absolute Gasteiger partial charge is 0.387 e. The van der Waals surface area contributed by atoms with Gasteiger partial charge in [-0.2, -0.15) is 11.8 Å². The van der Waals surface area contributed by atoms with Crippen LogP contribution in [0.1, 0.15) is 53.4 Å². The summed E-state index contributed by atoms with van der Waals surface area (Å²) in [6.07, 6.45) is 4.52. The predicted molar refractivity (Wildman–Crippen MR) is 110 cm³/mol. The van der Waals surface area contributed by atoms with E-state index in [0.717, 1.165) is 42.8 Å². The Hall–Kier alpha value is 0.310. The van der Waals surface area contributed by atoms with Gasteiger partial charge in [0.05, 0.1) is 12.1 Å². The minimum atomic E-state index is -0.603. The van der Waals surface area contributed by atoms with Crippen LogP contribution in [0.5, 0.6) is 0 Å². The zero-order valence-corrected chi connectivity index (χ0v) is 17.7. The number of aliphatic imine (C=N–C) groups is 1. The molecular weight excluding hydrogens is 409 g/mol. The summed E-state index contributed by atoms with van der Waals surface area (Å²) in [6.45, 7) is 10.1. The lowest BCUT2D eigenvalue weighted by Crippen LogP contribution is -2.43. The molecule has 0 aromatic heterocycles. The fourth-order valence-corrected chi connectivity index (χ4v) is 3.69. The number of hydrogen-bond donors (Lipinski definition) is 3. The zero-order valence-electron chi connectivity index (χ0n) is 14.5. The Labute approximate surface area is 157 Å². The molecule has 1 rings (SSSR count). The van der Waals surface area contributed by atoms with Crippen molar-refractivity contribution in [1.29, 1.82) is 0 Å². The number of hydrogen-bond acceptors (Lipinski definition) is 3. The Morgan fingerprint density at radius 2 is 2.05 bits per heavy atom. The van der Waals surface area contributed by atoms with Crippen LogP contribution >= 0.6 is 35.7 Å². The molecule has 1 saturated heterocycles. The first-order valence-corrected chi connectivity index (χ1v) is 9.45. The molecule has 0 bridgehead atoms. The third-order valence-electron chi connectivity index (χ3n) is 3.76. The average Bonchev–Trinajstić information content (AvgIpc) is 2.83. The maximum atomic E-state index is 10.4. The molecule has 0 amide bonds. The van der Waals surface area contributed by atoms with Gasteiger partial charge in [0.25, 0.3) is 0 Å². The van der Waals surface area contributed by atoms with Crippen molar-refractivity contribution < 1.29 is 5.11 Å². The van der Waals surface area contributed by atoms with Crippen LogP contribution in [0.4, 0.5) is 0 Å². The Morgan fingerprint density at radius 3 is 2.59 bits per heavy atom. The van der Waals surface area contributed by atoms with Gasteiger partial charge in [0.2, 0.25) is 0 Å². The van der Waals surface area contributed by atoms with Crippen LogP contribution in [-0.4, -0.2) is 47.3 Å². The molecule has 4 nitrogen and oxygen atoms in total. The molecule has 2 atom stereocenters. The number of rotatable bonds is 8. The summed E-state index contributed by atoms with van der Waals surface area (Å²) in [7, 11) is 0. The topological polar surface area (TPSA) is 56.7 Å². The molecular formula is C16H34IN3OS. The zero-order chi connectivity index (χ0) is 15.7. The van der Waals surface area contributed by atoms with Crippen LogP contribution < -0.4 is 10.6 Å². The highest BCUT2D eigenvalue weighted by Crippen LogP contribution is 2.27. The minimum Gasteiger partial charge on any atom is -0.387 e. The molecule has 0 spiro atoms. The highest BCUT2D eigenvalue weighted by atomic mass is 127. The van der Waals surface area contributed by atoms with Crippen LogP contribution in [0.15, 0.2) is 4.99 Å². The van der Waals surface area contributed by atoms with Gasteiger partial charge in [-0.05, 0) is 38.4 Å². The normalized spacial score (nSPS) is 23.3. The van der Waals surface area contributed by atoms with Crippen molar-refractivity contribution in [3.05, 3.63) is 0 Å². The van der Waals surface area contributed by atoms with Crippen molar-refractivity contribution in [2.75, 3.05) is 24.6 Å². The molecule has 0 saturated carbocycles. The number of halogens is 1. The van der Waals surface area contributed by atoms with Crippen LogP contribution in [-0.2, 0) is 0 Å². The second kappa shape index (κ2) is 11.8. The summed E-state index contributed by atoms with van der Waals surface area (Å²) in [4.78, 5) is 4.58. The number of thioether (sulfide) groups is 1. The van der Waals surface area contributed by atoms with Gasteiger partial charge in [-0.1, -0.05) is 26.7 Å². The van der Waals surface area contributed by atoms with Crippen LogP contribution in [0.3, 0.4) is 0 Å². The van der Waals surface area contributed by atoms with Crippen LogP contribution in [0, 0.1) is 5.92 Å². The number of guanidine groups is 1. The molecule has 132 valence electrons. The van der Waals surface area contributed by atoms with Gasteiger partial charge in [0.1, 0.15) is 0 Å². The first kappa shape index (κ1) is 22.3. The fourth-order valence-electron chi connectivity index (χ4n) is 2.41. The minimum absolute atomic E-state index is 0. The van der Waals surface area contributed by atoms with E-state index in [1.807, 2.05) is 11.8 Å². The smallest absolute Gasteiger partial charge is 0.191 e. The van der Waals surface area contributed by atoms with Crippen molar-refractivity contribution in [3.8, 4) is 0 Å². The number of aliphatic hydroxyl groups is 1. The molecule has 6 heteroatoms. The van der Waals surface area contributed by atoms with E-state index < -0.39 is 5.60 Å². The lowest BCUT2D eigenvalue weighted by molar-refractivity contribution is 0.0778. The quantitative estimate of drug-likeness (QED) is 0.306. The fraction of sp³-hybridized carbons (Fsp3) is 0.938. The molecule has 0 aliphatic carbocycles. The third-order valence-corrected chi connectivity index (χ3v) is 4.99. The van der Waals surface area contributed by atoms with E-state index in [-0.39, 0.29) is 24.0 Å². The molecule has 0 aromatic carbocycles. The van der Waals surface area contributed by atoms with Gasteiger partial charge in [0, 0.05) is 18.3 Å². The molecule has 1 aliphatic rings. The molecule has 3 N–H and O–H groups in total.